The molecule has 0 bridgehead atoms. The SMILES string of the molecule is CC1CCCC(CN)N1C(C)C1CCCCC1. The molecule has 0 spiro atoms. The summed E-state index contributed by atoms with van der Waals surface area (Å²) in [4.78, 5) is 2.76. The van der Waals surface area contributed by atoms with E-state index in [1.807, 2.05) is 0 Å². The van der Waals surface area contributed by atoms with Crippen LogP contribution in [-0.4, -0.2) is 29.6 Å². The number of rotatable bonds is 3. The van der Waals surface area contributed by atoms with E-state index in [2.05, 4.69) is 18.7 Å². The van der Waals surface area contributed by atoms with Gasteiger partial charge in [-0.15, -0.1) is 0 Å². The molecule has 2 fully saturated rings. The van der Waals surface area contributed by atoms with Crippen LogP contribution < -0.4 is 5.73 Å². The van der Waals surface area contributed by atoms with Gasteiger partial charge in [-0.05, 0) is 45.4 Å². The fourth-order valence-corrected chi connectivity index (χ4v) is 4.14. The molecular formula is C15H30N2. The van der Waals surface area contributed by atoms with Crippen molar-refractivity contribution >= 4 is 0 Å². The molecule has 2 nitrogen and oxygen atoms in total. The first-order chi connectivity index (χ1) is 8.24. The topological polar surface area (TPSA) is 29.3 Å². The Morgan fingerprint density at radius 2 is 1.76 bits per heavy atom. The summed E-state index contributed by atoms with van der Waals surface area (Å²) in [6.07, 6.45) is 11.3. The fourth-order valence-electron chi connectivity index (χ4n) is 4.14. The summed E-state index contributed by atoms with van der Waals surface area (Å²) in [5.74, 6) is 0.929. The monoisotopic (exact) mass is 238 g/mol. The molecule has 1 saturated carbocycles. The first kappa shape index (κ1) is 13.4. The second-order valence-corrected chi connectivity index (χ2v) is 6.26. The van der Waals surface area contributed by atoms with E-state index < -0.39 is 0 Å². The molecule has 17 heavy (non-hydrogen) atoms. The van der Waals surface area contributed by atoms with Gasteiger partial charge in [0, 0.05) is 24.7 Å². The zero-order chi connectivity index (χ0) is 12.3. The molecule has 0 aromatic carbocycles. The lowest BCUT2D eigenvalue weighted by atomic mass is 9.81. The van der Waals surface area contributed by atoms with Crippen LogP contribution in [0.5, 0.6) is 0 Å². The first-order valence-corrected chi connectivity index (χ1v) is 7.71. The van der Waals surface area contributed by atoms with Gasteiger partial charge < -0.3 is 5.73 Å². The van der Waals surface area contributed by atoms with Gasteiger partial charge in [0.25, 0.3) is 0 Å². The van der Waals surface area contributed by atoms with E-state index in [9.17, 15) is 0 Å². The molecule has 0 aromatic rings. The predicted molar refractivity (Wildman–Crippen MR) is 74.0 cm³/mol. The van der Waals surface area contributed by atoms with E-state index in [0.29, 0.717) is 6.04 Å². The summed E-state index contributed by atoms with van der Waals surface area (Å²) in [6, 6.07) is 2.14. The normalized spacial score (nSPS) is 34.8. The molecule has 0 radical (unpaired) electrons. The van der Waals surface area contributed by atoms with Gasteiger partial charge in [-0.25, -0.2) is 0 Å². The molecule has 3 atom stereocenters. The highest BCUT2D eigenvalue weighted by Crippen LogP contribution is 2.33. The average Bonchev–Trinajstić information content (AvgIpc) is 2.38. The van der Waals surface area contributed by atoms with Crippen molar-refractivity contribution in [1.29, 1.82) is 0 Å². The summed E-state index contributed by atoms with van der Waals surface area (Å²) >= 11 is 0. The maximum Gasteiger partial charge on any atom is 0.0224 e. The minimum atomic E-state index is 0.649. The van der Waals surface area contributed by atoms with Crippen LogP contribution >= 0.6 is 0 Å². The van der Waals surface area contributed by atoms with Gasteiger partial charge in [0.05, 0.1) is 0 Å². The molecule has 1 saturated heterocycles. The summed E-state index contributed by atoms with van der Waals surface area (Å²) in [5.41, 5.74) is 5.98. The summed E-state index contributed by atoms with van der Waals surface area (Å²) in [7, 11) is 0. The summed E-state index contributed by atoms with van der Waals surface area (Å²) in [5, 5.41) is 0. The van der Waals surface area contributed by atoms with Crippen LogP contribution in [0.15, 0.2) is 0 Å². The minimum absolute atomic E-state index is 0.649. The molecule has 1 aliphatic heterocycles. The van der Waals surface area contributed by atoms with Gasteiger partial charge in [0.1, 0.15) is 0 Å². The standard InChI is InChI=1S/C15H30N2/c1-12-7-6-10-15(11-16)17(12)13(2)14-8-4-3-5-9-14/h12-15H,3-11,16H2,1-2H3. The third kappa shape index (κ3) is 3.03. The van der Waals surface area contributed by atoms with Gasteiger partial charge in [-0.2, -0.15) is 0 Å². The molecule has 2 aliphatic rings. The van der Waals surface area contributed by atoms with Gasteiger partial charge >= 0.3 is 0 Å². The maximum absolute atomic E-state index is 5.98. The Balaban J connectivity index is 2.00. The predicted octanol–water partition coefficient (Wildman–Crippen LogP) is 3.16. The number of hydrogen-bond donors (Lipinski definition) is 1. The maximum atomic E-state index is 5.98. The average molecular weight is 238 g/mol. The number of piperidine rings is 1. The molecule has 0 aromatic heterocycles. The molecule has 100 valence electrons. The van der Waals surface area contributed by atoms with Crippen LogP contribution in [0.2, 0.25) is 0 Å². The van der Waals surface area contributed by atoms with Crippen molar-refractivity contribution in [3.05, 3.63) is 0 Å². The number of likely N-dealkylation sites (tertiary alicyclic amines) is 1. The summed E-state index contributed by atoms with van der Waals surface area (Å²) in [6.45, 7) is 5.71. The van der Waals surface area contributed by atoms with Gasteiger partial charge in [-0.1, -0.05) is 25.7 Å². The lowest BCUT2D eigenvalue weighted by Gasteiger charge is -2.47. The number of hydrogen-bond acceptors (Lipinski definition) is 2. The van der Waals surface area contributed by atoms with Crippen molar-refractivity contribution < 1.29 is 0 Å². The molecule has 1 aliphatic carbocycles. The second-order valence-electron chi connectivity index (χ2n) is 6.26. The fraction of sp³-hybridized carbons (Fsp3) is 1.00. The number of nitrogens with zero attached hydrogens (tertiary/aromatic N) is 1. The van der Waals surface area contributed by atoms with Crippen LogP contribution in [0.3, 0.4) is 0 Å². The third-order valence-corrected chi connectivity index (χ3v) is 5.16. The van der Waals surface area contributed by atoms with Gasteiger partial charge in [0.2, 0.25) is 0 Å². The van der Waals surface area contributed by atoms with Crippen LogP contribution in [-0.2, 0) is 0 Å². The van der Waals surface area contributed by atoms with Crippen LogP contribution in [0.1, 0.15) is 65.2 Å². The van der Waals surface area contributed by atoms with E-state index in [-0.39, 0.29) is 0 Å². The molecule has 2 rings (SSSR count). The Bertz CT molecular complexity index is 223. The van der Waals surface area contributed by atoms with Crippen LogP contribution in [0, 0.1) is 5.92 Å². The molecular weight excluding hydrogens is 208 g/mol. The highest BCUT2D eigenvalue weighted by atomic mass is 15.2. The zero-order valence-electron chi connectivity index (χ0n) is 11.7. The Kier molecular flexibility index (Phi) is 4.87. The highest BCUT2D eigenvalue weighted by molar-refractivity contribution is 4.89. The van der Waals surface area contributed by atoms with Crippen molar-refractivity contribution in [2.24, 2.45) is 11.7 Å². The van der Waals surface area contributed by atoms with Crippen LogP contribution in [0.25, 0.3) is 0 Å². The van der Waals surface area contributed by atoms with Crippen molar-refractivity contribution in [3.63, 3.8) is 0 Å². The Morgan fingerprint density at radius 3 is 2.41 bits per heavy atom. The van der Waals surface area contributed by atoms with Crippen molar-refractivity contribution in [3.8, 4) is 0 Å². The van der Waals surface area contributed by atoms with Crippen LogP contribution in [0.4, 0.5) is 0 Å². The molecule has 0 amide bonds. The van der Waals surface area contributed by atoms with Crippen molar-refractivity contribution in [1.82, 2.24) is 4.90 Å². The molecule has 2 heteroatoms. The van der Waals surface area contributed by atoms with E-state index >= 15 is 0 Å². The number of nitrogens with two attached hydrogens (primary N) is 1. The van der Waals surface area contributed by atoms with Crippen molar-refractivity contribution in [2.45, 2.75) is 83.3 Å². The summed E-state index contributed by atoms with van der Waals surface area (Å²) < 4.78 is 0. The second kappa shape index (κ2) is 6.19. The molecule has 1 heterocycles. The van der Waals surface area contributed by atoms with Gasteiger partial charge in [-0.3, -0.25) is 4.90 Å². The quantitative estimate of drug-likeness (QED) is 0.818. The third-order valence-electron chi connectivity index (χ3n) is 5.16. The Labute approximate surface area is 107 Å². The lowest BCUT2D eigenvalue weighted by molar-refractivity contribution is 0.0219. The lowest BCUT2D eigenvalue weighted by Crippen LogP contribution is -2.55. The van der Waals surface area contributed by atoms with E-state index in [1.54, 1.807) is 0 Å². The first-order valence-electron chi connectivity index (χ1n) is 7.71. The smallest absolute Gasteiger partial charge is 0.0224 e. The van der Waals surface area contributed by atoms with Gasteiger partial charge in [0.15, 0.2) is 0 Å². The minimum Gasteiger partial charge on any atom is -0.329 e. The Hall–Kier alpha value is -0.0800. The van der Waals surface area contributed by atoms with Crippen molar-refractivity contribution in [2.75, 3.05) is 6.54 Å². The Morgan fingerprint density at radius 1 is 1.06 bits per heavy atom. The largest absolute Gasteiger partial charge is 0.329 e. The molecule has 2 N–H and O–H groups in total. The van der Waals surface area contributed by atoms with E-state index in [1.165, 1.54) is 51.4 Å². The van der Waals surface area contributed by atoms with E-state index in [4.69, 9.17) is 5.73 Å². The molecule has 3 unspecified atom stereocenters. The van der Waals surface area contributed by atoms with E-state index in [0.717, 1.165) is 24.5 Å². The zero-order valence-corrected chi connectivity index (χ0v) is 11.7. The highest BCUT2D eigenvalue weighted by Gasteiger charge is 2.34.